The number of halogens is 1. The van der Waals surface area contributed by atoms with E-state index in [-0.39, 0.29) is 0 Å². The molecule has 0 atom stereocenters. The van der Waals surface area contributed by atoms with E-state index in [1.807, 2.05) is 6.07 Å². The lowest BCUT2D eigenvalue weighted by atomic mass is 10.1. The average Bonchev–Trinajstić information content (AvgIpc) is 2.17. The summed E-state index contributed by atoms with van der Waals surface area (Å²) in [6.45, 7) is 2.12. The molecule has 0 saturated carbocycles. The zero-order chi connectivity index (χ0) is 9.26. The fraction of sp³-hybridized carbons (Fsp3) is 0.182. The highest BCUT2D eigenvalue weighted by atomic mass is 35.5. The Bertz CT molecular complexity index is 432. The zero-order valence-electron chi connectivity index (χ0n) is 7.42. The Hall–Kier alpha value is -1.08. The second kappa shape index (κ2) is 3.35. The number of aromatic nitrogens is 1. The Morgan fingerprint density at radius 3 is 2.92 bits per heavy atom. The van der Waals surface area contributed by atoms with Gasteiger partial charge in [-0.3, -0.25) is 0 Å². The van der Waals surface area contributed by atoms with Crippen molar-refractivity contribution in [3.63, 3.8) is 0 Å². The maximum absolute atomic E-state index is 6.03. The third-order valence-electron chi connectivity index (χ3n) is 2.21. The average molecular weight is 192 g/mol. The molecule has 0 saturated heterocycles. The van der Waals surface area contributed by atoms with Gasteiger partial charge in [-0.2, -0.15) is 0 Å². The molecule has 1 aromatic heterocycles. The number of aryl methyl sites for hydroxylation is 1. The van der Waals surface area contributed by atoms with Crippen LogP contribution in [0.1, 0.15) is 12.5 Å². The van der Waals surface area contributed by atoms with Gasteiger partial charge < -0.3 is 0 Å². The highest BCUT2D eigenvalue weighted by Gasteiger charge is 2.03. The van der Waals surface area contributed by atoms with Gasteiger partial charge in [0.05, 0.1) is 0 Å². The van der Waals surface area contributed by atoms with Gasteiger partial charge in [0.25, 0.3) is 0 Å². The maximum Gasteiger partial charge on any atom is 0.137 e. The Kier molecular flexibility index (Phi) is 2.19. The van der Waals surface area contributed by atoms with Gasteiger partial charge in [0.2, 0.25) is 0 Å². The number of hydrogen-bond acceptors (Lipinski definition) is 1. The van der Waals surface area contributed by atoms with Crippen LogP contribution in [-0.2, 0) is 6.42 Å². The van der Waals surface area contributed by atoms with E-state index in [0.29, 0.717) is 5.15 Å². The van der Waals surface area contributed by atoms with Crippen LogP contribution >= 0.6 is 11.6 Å². The van der Waals surface area contributed by atoms with Crippen LogP contribution in [0.15, 0.2) is 30.5 Å². The zero-order valence-corrected chi connectivity index (χ0v) is 8.17. The highest BCUT2D eigenvalue weighted by molar-refractivity contribution is 6.34. The van der Waals surface area contributed by atoms with Crippen LogP contribution in [0.2, 0.25) is 5.15 Å². The summed E-state index contributed by atoms with van der Waals surface area (Å²) in [6, 6.07) is 8.19. The summed E-state index contributed by atoms with van der Waals surface area (Å²) in [5.74, 6) is 0. The smallest absolute Gasteiger partial charge is 0.137 e. The molecule has 0 aliphatic heterocycles. The molecule has 66 valence electrons. The van der Waals surface area contributed by atoms with Crippen molar-refractivity contribution in [2.75, 3.05) is 0 Å². The summed E-state index contributed by atoms with van der Waals surface area (Å²) in [4.78, 5) is 4.08. The summed E-state index contributed by atoms with van der Waals surface area (Å²) >= 11 is 6.03. The molecule has 0 aliphatic carbocycles. The minimum Gasteiger partial charge on any atom is -0.244 e. The first-order chi connectivity index (χ1) is 6.33. The summed E-state index contributed by atoms with van der Waals surface area (Å²) in [5, 5.41) is 2.86. The Labute approximate surface area is 82.4 Å². The third kappa shape index (κ3) is 1.40. The van der Waals surface area contributed by atoms with Crippen LogP contribution in [0.3, 0.4) is 0 Å². The van der Waals surface area contributed by atoms with Crippen molar-refractivity contribution in [3.8, 4) is 0 Å². The van der Waals surface area contributed by atoms with E-state index in [9.17, 15) is 0 Å². The molecule has 0 bridgehead atoms. The van der Waals surface area contributed by atoms with Crippen LogP contribution in [0.4, 0.5) is 0 Å². The van der Waals surface area contributed by atoms with Crippen molar-refractivity contribution >= 4 is 22.4 Å². The minimum absolute atomic E-state index is 0.606. The number of nitrogens with zero attached hydrogens (tertiary/aromatic N) is 1. The molecular weight excluding hydrogens is 182 g/mol. The monoisotopic (exact) mass is 191 g/mol. The Balaban J connectivity index is 2.87. The number of hydrogen-bond donors (Lipinski definition) is 0. The van der Waals surface area contributed by atoms with Crippen LogP contribution in [-0.4, -0.2) is 4.98 Å². The van der Waals surface area contributed by atoms with Gasteiger partial charge in [0, 0.05) is 11.6 Å². The molecule has 0 aliphatic rings. The van der Waals surface area contributed by atoms with Gasteiger partial charge in [-0.1, -0.05) is 36.7 Å². The predicted octanol–water partition coefficient (Wildman–Crippen LogP) is 3.45. The maximum atomic E-state index is 6.03. The molecule has 2 heteroatoms. The number of rotatable bonds is 1. The van der Waals surface area contributed by atoms with E-state index in [1.165, 1.54) is 10.9 Å². The van der Waals surface area contributed by atoms with E-state index < -0.39 is 0 Å². The third-order valence-corrected chi connectivity index (χ3v) is 2.50. The minimum atomic E-state index is 0.606. The molecule has 1 nitrogen and oxygen atoms in total. The molecule has 1 aromatic carbocycles. The largest absolute Gasteiger partial charge is 0.244 e. The molecule has 0 amide bonds. The molecule has 0 fully saturated rings. The number of fused-ring (bicyclic) bond motifs is 1. The van der Waals surface area contributed by atoms with Crippen molar-refractivity contribution in [2.45, 2.75) is 13.3 Å². The SMILES string of the molecule is CCc1cccc2ccnc(Cl)c12. The Morgan fingerprint density at radius 1 is 1.31 bits per heavy atom. The second-order valence-electron chi connectivity index (χ2n) is 2.97. The van der Waals surface area contributed by atoms with Crippen LogP contribution < -0.4 is 0 Å². The molecule has 2 rings (SSSR count). The number of pyridine rings is 1. The molecule has 0 N–H and O–H groups in total. The first-order valence-corrected chi connectivity index (χ1v) is 4.73. The van der Waals surface area contributed by atoms with E-state index in [0.717, 1.165) is 11.8 Å². The van der Waals surface area contributed by atoms with Gasteiger partial charge in [-0.05, 0) is 23.4 Å². The second-order valence-corrected chi connectivity index (χ2v) is 3.33. The van der Waals surface area contributed by atoms with Crippen molar-refractivity contribution < 1.29 is 0 Å². The quantitative estimate of drug-likeness (QED) is 0.630. The topological polar surface area (TPSA) is 12.9 Å². The van der Waals surface area contributed by atoms with Gasteiger partial charge in [0.1, 0.15) is 5.15 Å². The molecular formula is C11H10ClN. The molecule has 1 heterocycles. The van der Waals surface area contributed by atoms with E-state index in [2.05, 4.69) is 30.1 Å². The van der Waals surface area contributed by atoms with Gasteiger partial charge in [-0.15, -0.1) is 0 Å². The Morgan fingerprint density at radius 2 is 2.15 bits per heavy atom. The first kappa shape index (κ1) is 8.52. The molecule has 0 unspecified atom stereocenters. The van der Waals surface area contributed by atoms with E-state index in [1.54, 1.807) is 6.20 Å². The standard InChI is InChI=1S/C11H10ClN/c1-2-8-4-3-5-9-6-7-13-11(12)10(8)9/h3-7H,2H2,1H3. The van der Waals surface area contributed by atoms with Crippen LogP contribution in [0.25, 0.3) is 10.8 Å². The summed E-state index contributed by atoms with van der Waals surface area (Å²) < 4.78 is 0. The van der Waals surface area contributed by atoms with Crippen molar-refractivity contribution in [3.05, 3.63) is 41.2 Å². The van der Waals surface area contributed by atoms with Gasteiger partial charge >= 0.3 is 0 Å². The van der Waals surface area contributed by atoms with E-state index in [4.69, 9.17) is 11.6 Å². The lowest BCUT2D eigenvalue weighted by molar-refractivity contribution is 1.15. The van der Waals surface area contributed by atoms with Gasteiger partial charge in [-0.25, -0.2) is 4.98 Å². The lowest BCUT2D eigenvalue weighted by Crippen LogP contribution is -1.86. The van der Waals surface area contributed by atoms with Crippen LogP contribution in [0, 0.1) is 0 Å². The first-order valence-electron chi connectivity index (χ1n) is 4.35. The van der Waals surface area contributed by atoms with Gasteiger partial charge in [0.15, 0.2) is 0 Å². The number of benzene rings is 1. The molecule has 0 radical (unpaired) electrons. The predicted molar refractivity (Wildman–Crippen MR) is 56.1 cm³/mol. The van der Waals surface area contributed by atoms with E-state index >= 15 is 0 Å². The van der Waals surface area contributed by atoms with Crippen LogP contribution in [0.5, 0.6) is 0 Å². The lowest BCUT2D eigenvalue weighted by Gasteiger charge is -2.04. The molecule has 13 heavy (non-hydrogen) atoms. The summed E-state index contributed by atoms with van der Waals surface area (Å²) in [6.07, 6.45) is 2.73. The fourth-order valence-corrected chi connectivity index (χ4v) is 1.84. The van der Waals surface area contributed by atoms with Crippen molar-refractivity contribution in [2.24, 2.45) is 0 Å². The summed E-state index contributed by atoms with van der Waals surface area (Å²) in [7, 11) is 0. The molecule has 2 aromatic rings. The molecule has 0 spiro atoms. The highest BCUT2D eigenvalue weighted by Crippen LogP contribution is 2.24. The normalized spacial score (nSPS) is 10.6. The van der Waals surface area contributed by atoms with Crippen molar-refractivity contribution in [1.82, 2.24) is 4.98 Å². The summed E-state index contributed by atoms with van der Waals surface area (Å²) in [5.41, 5.74) is 1.26. The van der Waals surface area contributed by atoms with Crippen molar-refractivity contribution in [1.29, 1.82) is 0 Å². The fourth-order valence-electron chi connectivity index (χ4n) is 1.55.